The van der Waals surface area contributed by atoms with Gasteiger partial charge in [0.1, 0.15) is 23.1 Å². The minimum absolute atomic E-state index is 0.0975. The number of benzene rings is 3. The molecule has 0 saturated heterocycles. The highest BCUT2D eigenvalue weighted by molar-refractivity contribution is 6.30. The number of hydrogen-bond acceptors (Lipinski definition) is 1. The van der Waals surface area contributed by atoms with E-state index in [4.69, 9.17) is 16.3 Å². The molecular formula is C25H21ClF2O. The summed E-state index contributed by atoms with van der Waals surface area (Å²) < 4.78 is 33.9. The van der Waals surface area contributed by atoms with E-state index in [0.717, 1.165) is 24.0 Å². The largest absolute Gasteiger partial charge is 0.457 e. The molecule has 1 aliphatic carbocycles. The Morgan fingerprint density at radius 2 is 1.72 bits per heavy atom. The van der Waals surface area contributed by atoms with Gasteiger partial charge in [-0.3, -0.25) is 0 Å². The van der Waals surface area contributed by atoms with Crippen LogP contribution in [0.15, 0.2) is 84.7 Å². The van der Waals surface area contributed by atoms with Gasteiger partial charge in [0, 0.05) is 10.9 Å². The van der Waals surface area contributed by atoms with Gasteiger partial charge in [0.25, 0.3) is 0 Å². The minimum atomic E-state index is -0.308. The number of allylic oxidation sites excluding steroid dienone is 2. The van der Waals surface area contributed by atoms with Crippen LogP contribution in [0, 0.1) is 11.7 Å². The van der Waals surface area contributed by atoms with Crippen LogP contribution in [-0.4, -0.2) is 0 Å². The van der Waals surface area contributed by atoms with Crippen LogP contribution in [-0.2, 0) is 6.42 Å². The molecule has 0 aliphatic heterocycles. The number of halogens is 3. The van der Waals surface area contributed by atoms with E-state index in [1.807, 2.05) is 48.5 Å². The highest BCUT2D eigenvalue weighted by atomic mass is 35.5. The van der Waals surface area contributed by atoms with Crippen molar-refractivity contribution in [3.63, 3.8) is 0 Å². The maximum atomic E-state index is 15.1. The normalized spacial score (nSPS) is 15.2. The summed E-state index contributed by atoms with van der Waals surface area (Å²) in [5.74, 6) is 0.949. The summed E-state index contributed by atoms with van der Waals surface area (Å²) >= 11 is 5.97. The topological polar surface area (TPSA) is 9.23 Å². The van der Waals surface area contributed by atoms with Crippen molar-refractivity contribution in [2.75, 3.05) is 0 Å². The van der Waals surface area contributed by atoms with Crippen molar-refractivity contribution in [2.24, 2.45) is 5.92 Å². The molecule has 0 amide bonds. The number of rotatable bonds is 7. The summed E-state index contributed by atoms with van der Waals surface area (Å²) in [4.78, 5) is 0. The van der Waals surface area contributed by atoms with Crippen molar-refractivity contribution >= 4 is 11.6 Å². The molecule has 1 aliphatic rings. The molecule has 0 aromatic heterocycles. The van der Waals surface area contributed by atoms with Gasteiger partial charge in [0.05, 0.1) is 0 Å². The summed E-state index contributed by atoms with van der Waals surface area (Å²) in [5.41, 5.74) is 1.92. The molecule has 3 aromatic carbocycles. The molecule has 3 aromatic rings. The lowest BCUT2D eigenvalue weighted by Gasteiger charge is -2.15. The molecule has 0 radical (unpaired) electrons. The molecule has 0 spiro atoms. The summed E-state index contributed by atoms with van der Waals surface area (Å²) in [7, 11) is 0. The van der Waals surface area contributed by atoms with Crippen molar-refractivity contribution in [1.29, 1.82) is 0 Å². The predicted octanol–water partition coefficient (Wildman–Crippen LogP) is 7.86. The Morgan fingerprint density at radius 3 is 2.41 bits per heavy atom. The Bertz CT molecular complexity index is 992. The van der Waals surface area contributed by atoms with Crippen LogP contribution in [0.2, 0.25) is 5.02 Å². The maximum Gasteiger partial charge on any atom is 0.127 e. The number of hydrogen-bond donors (Lipinski definition) is 0. The van der Waals surface area contributed by atoms with Crippen molar-refractivity contribution in [1.82, 2.24) is 0 Å². The molecule has 29 heavy (non-hydrogen) atoms. The quantitative estimate of drug-likeness (QED) is 0.385. The van der Waals surface area contributed by atoms with E-state index in [9.17, 15) is 4.39 Å². The molecule has 4 rings (SSSR count). The van der Waals surface area contributed by atoms with E-state index in [0.29, 0.717) is 28.9 Å². The van der Waals surface area contributed by atoms with Crippen LogP contribution < -0.4 is 4.74 Å². The van der Waals surface area contributed by atoms with Gasteiger partial charge in [0.2, 0.25) is 0 Å². The second kappa shape index (κ2) is 8.79. The van der Waals surface area contributed by atoms with Gasteiger partial charge in [-0.25, -0.2) is 8.78 Å². The average Bonchev–Trinajstić information content (AvgIpc) is 3.55. The molecule has 1 unspecified atom stereocenters. The predicted molar refractivity (Wildman–Crippen MR) is 113 cm³/mol. The Kier molecular flexibility index (Phi) is 5.96. The first-order chi connectivity index (χ1) is 14.1. The zero-order chi connectivity index (χ0) is 20.2. The lowest BCUT2D eigenvalue weighted by molar-refractivity contribution is 0.480. The van der Waals surface area contributed by atoms with Gasteiger partial charge in [-0.1, -0.05) is 35.9 Å². The Labute approximate surface area is 174 Å². The van der Waals surface area contributed by atoms with Crippen molar-refractivity contribution in [3.8, 4) is 11.5 Å². The molecular weight excluding hydrogens is 390 g/mol. The van der Waals surface area contributed by atoms with Crippen LogP contribution >= 0.6 is 11.6 Å². The van der Waals surface area contributed by atoms with Crippen LogP contribution in [0.1, 0.15) is 29.9 Å². The Balaban J connectivity index is 1.47. The number of ether oxygens (including phenoxy) is 1. The van der Waals surface area contributed by atoms with E-state index >= 15 is 4.39 Å². The Hall–Kier alpha value is -2.65. The molecule has 148 valence electrons. The fourth-order valence-electron chi connectivity index (χ4n) is 3.47. The lowest BCUT2D eigenvalue weighted by Crippen LogP contribution is -2.02. The zero-order valence-corrected chi connectivity index (χ0v) is 16.6. The summed E-state index contributed by atoms with van der Waals surface area (Å²) in [6, 6.07) is 20.8. The fraction of sp³-hybridized carbons (Fsp3) is 0.200. The van der Waals surface area contributed by atoms with E-state index in [-0.39, 0.29) is 17.6 Å². The first-order valence-corrected chi connectivity index (χ1v) is 10.1. The summed E-state index contributed by atoms with van der Waals surface area (Å²) in [5, 5.41) is 0.658. The lowest BCUT2D eigenvalue weighted by atomic mass is 9.92. The second-order valence-corrected chi connectivity index (χ2v) is 7.80. The van der Waals surface area contributed by atoms with Gasteiger partial charge >= 0.3 is 0 Å². The van der Waals surface area contributed by atoms with E-state index in [2.05, 4.69) is 0 Å². The van der Waals surface area contributed by atoms with Crippen LogP contribution in [0.5, 0.6) is 11.5 Å². The fourth-order valence-corrected chi connectivity index (χ4v) is 3.60. The summed E-state index contributed by atoms with van der Waals surface area (Å²) in [6.07, 6.45) is 4.24. The highest BCUT2D eigenvalue weighted by Crippen LogP contribution is 2.47. The monoisotopic (exact) mass is 410 g/mol. The molecule has 0 bridgehead atoms. The van der Waals surface area contributed by atoms with Gasteiger partial charge < -0.3 is 4.74 Å². The van der Waals surface area contributed by atoms with Gasteiger partial charge in [-0.05, 0) is 90.9 Å². The zero-order valence-electron chi connectivity index (χ0n) is 15.8. The standard InChI is InChI=1S/C25H21ClF2O/c26-20-9-7-19(8-10-20)25(18-5-6-18)24(28)15-4-17-2-1-3-23(16-17)29-22-13-11-21(27)12-14-22/h1-3,7-16,18,25H,4-6H2. The molecule has 1 fully saturated rings. The van der Waals surface area contributed by atoms with Crippen LogP contribution in [0.4, 0.5) is 8.78 Å². The van der Waals surface area contributed by atoms with Gasteiger partial charge in [-0.15, -0.1) is 0 Å². The Morgan fingerprint density at radius 1 is 1.00 bits per heavy atom. The van der Waals surface area contributed by atoms with E-state index in [1.54, 1.807) is 18.2 Å². The molecule has 4 heteroatoms. The highest BCUT2D eigenvalue weighted by Gasteiger charge is 2.35. The minimum Gasteiger partial charge on any atom is -0.457 e. The average molecular weight is 411 g/mol. The third kappa shape index (κ3) is 5.24. The van der Waals surface area contributed by atoms with Gasteiger partial charge in [0.15, 0.2) is 0 Å². The summed E-state index contributed by atoms with van der Waals surface area (Å²) in [6.45, 7) is 0. The molecule has 1 atom stereocenters. The molecule has 1 nitrogen and oxygen atoms in total. The molecule has 1 saturated carbocycles. The second-order valence-electron chi connectivity index (χ2n) is 7.36. The van der Waals surface area contributed by atoms with Crippen molar-refractivity contribution < 1.29 is 13.5 Å². The van der Waals surface area contributed by atoms with Gasteiger partial charge in [-0.2, -0.15) is 0 Å². The SMILES string of the molecule is FC(=CCc1cccc(Oc2ccc(F)cc2)c1)C(c1ccc(Cl)cc1)C1CC1. The molecule has 0 N–H and O–H groups in total. The van der Waals surface area contributed by atoms with E-state index in [1.165, 1.54) is 12.1 Å². The first-order valence-electron chi connectivity index (χ1n) is 9.72. The third-order valence-electron chi connectivity index (χ3n) is 5.10. The van der Waals surface area contributed by atoms with Crippen molar-refractivity contribution in [3.05, 3.63) is 107 Å². The van der Waals surface area contributed by atoms with Crippen LogP contribution in [0.25, 0.3) is 0 Å². The maximum absolute atomic E-state index is 15.1. The third-order valence-corrected chi connectivity index (χ3v) is 5.35. The van der Waals surface area contributed by atoms with Crippen molar-refractivity contribution in [2.45, 2.75) is 25.2 Å². The van der Waals surface area contributed by atoms with E-state index < -0.39 is 0 Å². The molecule has 0 heterocycles. The first kappa shape index (κ1) is 19.7. The smallest absolute Gasteiger partial charge is 0.127 e. The van der Waals surface area contributed by atoms with Crippen LogP contribution in [0.3, 0.4) is 0 Å².